The molecule has 8 heteroatoms. The van der Waals surface area contributed by atoms with Crippen LogP contribution in [0.15, 0.2) is 66.0 Å². The van der Waals surface area contributed by atoms with Gasteiger partial charge >= 0.3 is 0 Å². The summed E-state index contributed by atoms with van der Waals surface area (Å²) in [6.07, 6.45) is 3.73. The van der Waals surface area contributed by atoms with E-state index < -0.39 is 0 Å². The minimum atomic E-state index is 0. The maximum atomic E-state index is 10.4. The molecule has 0 amide bonds. The molecule has 2 N–H and O–H groups in total. The van der Waals surface area contributed by atoms with Gasteiger partial charge in [0, 0.05) is 29.9 Å². The van der Waals surface area contributed by atoms with E-state index in [1.165, 1.54) is 24.9 Å². The fourth-order valence-corrected chi connectivity index (χ4v) is 5.63. The Morgan fingerprint density at radius 2 is 1.78 bits per heavy atom. The van der Waals surface area contributed by atoms with Crippen molar-refractivity contribution < 1.29 is 5.11 Å². The van der Waals surface area contributed by atoms with Gasteiger partial charge in [-0.1, -0.05) is 30.3 Å². The number of halogens is 1. The number of pyridine rings is 1. The van der Waals surface area contributed by atoms with Crippen molar-refractivity contribution in [2.45, 2.75) is 19.3 Å². The van der Waals surface area contributed by atoms with Gasteiger partial charge in [0.15, 0.2) is 5.65 Å². The van der Waals surface area contributed by atoms with E-state index in [2.05, 4.69) is 45.4 Å². The normalized spacial score (nSPS) is 13.4. The summed E-state index contributed by atoms with van der Waals surface area (Å²) in [6, 6.07) is 21.8. The summed E-state index contributed by atoms with van der Waals surface area (Å²) >= 11 is 1.61. The van der Waals surface area contributed by atoms with Gasteiger partial charge in [-0.3, -0.25) is 5.10 Å². The quantitative estimate of drug-likeness (QED) is 0.270. The Balaban J connectivity index is 0.00000267. The first-order valence-corrected chi connectivity index (χ1v) is 12.6. The van der Waals surface area contributed by atoms with Crippen LogP contribution in [-0.2, 0) is 0 Å². The molecule has 0 bridgehead atoms. The van der Waals surface area contributed by atoms with Crippen molar-refractivity contribution in [2.75, 3.05) is 18.0 Å². The summed E-state index contributed by atoms with van der Waals surface area (Å²) in [5.41, 5.74) is 6.00. The topological polar surface area (TPSA) is 88.8 Å². The molecule has 1 saturated heterocycles. The Labute approximate surface area is 219 Å². The zero-order valence-corrected chi connectivity index (χ0v) is 21.1. The number of hydrogen-bond donors (Lipinski definition) is 2. The van der Waals surface area contributed by atoms with Gasteiger partial charge in [-0.05, 0) is 60.5 Å². The maximum absolute atomic E-state index is 10.4. The van der Waals surface area contributed by atoms with Crippen molar-refractivity contribution in [1.82, 2.24) is 15.2 Å². The highest BCUT2D eigenvalue weighted by molar-refractivity contribution is 7.13. The molecule has 0 spiro atoms. The summed E-state index contributed by atoms with van der Waals surface area (Å²) in [4.78, 5) is 8.25. The smallest absolute Gasteiger partial charge is 0.182 e. The Morgan fingerprint density at radius 1 is 0.972 bits per heavy atom. The van der Waals surface area contributed by atoms with E-state index >= 15 is 0 Å². The number of piperidine rings is 1. The highest BCUT2D eigenvalue weighted by Gasteiger charge is 2.23. The SMILES string of the molecule is Cl.N#Cc1c(-c2cccc(O)c2)nc2n[nH]c(-c3cccs3)c2c1-c1ccc(N2CCCCC2)cc1. The molecular weight excluding hydrogens is 490 g/mol. The minimum absolute atomic E-state index is 0. The van der Waals surface area contributed by atoms with Crippen molar-refractivity contribution in [3.05, 3.63) is 71.6 Å². The number of aromatic amines is 1. The van der Waals surface area contributed by atoms with E-state index in [0.29, 0.717) is 22.5 Å². The fraction of sp³-hybridized carbons (Fsp3) is 0.179. The van der Waals surface area contributed by atoms with Crippen molar-refractivity contribution in [1.29, 1.82) is 5.26 Å². The highest BCUT2D eigenvalue weighted by Crippen LogP contribution is 2.42. The molecule has 5 aromatic rings. The van der Waals surface area contributed by atoms with E-state index in [4.69, 9.17) is 4.98 Å². The third kappa shape index (κ3) is 4.19. The van der Waals surface area contributed by atoms with Gasteiger partial charge < -0.3 is 10.0 Å². The molecule has 1 aliphatic rings. The van der Waals surface area contributed by atoms with Crippen LogP contribution < -0.4 is 4.90 Å². The van der Waals surface area contributed by atoms with Crippen LogP contribution >= 0.6 is 23.7 Å². The number of nitrogens with zero attached hydrogens (tertiary/aromatic N) is 4. The molecule has 0 aliphatic carbocycles. The predicted molar refractivity (Wildman–Crippen MR) is 148 cm³/mol. The number of aromatic nitrogens is 3. The van der Waals surface area contributed by atoms with Crippen LogP contribution in [0.2, 0.25) is 0 Å². The summed E-state index contributed by atoms with van der Waals surface area (Å²) in [5, 5.41) is 31.0. The lowest BCUT2D eigenvalue weighted by Gasteiger charge is -2.29. The molecular formula is C28H24ClN5OS. The first-order valence-electron chi connectivity index (χ1n) is 11.7. The zero-order valence-electron chi connectivity index (χ0n) is 19.4. The number of nitriles is 1. The molecule has 3 aromatic heterocycles. The number of fused-ring (bicyclic) bond motifs is 1. The van der Waals surface area contributed by atoms with Crippen LogP contribution in [0.5, 0.6) is 5.75 Å². The lowest BCUT2D eigenvalue weighted by molar-refractivity contribution is 0.475. The largest absolute Gasteiger partial charge is 0.508 e. The Kier molecular flexibility index (Phi) is 6.64. The van der Waals surface area contributed by atoms with E-state index in [1.54, 1.807) is 29.5 Å². The number of phenolic OH excluding ortho intramolecular Hbond substituents is 1. The second-order valence-electron chi connectivity index (χ2n) is 8.74. The van der Waals surface area contributed by atoms with Gasteiger partial charge in [-0.2, -0.15) is 10.4 Å². The molecule has 6 rings (SSSR count). The minimum Gasteiger partial charge on any atom is -0.508 e. The molecule has 1 fully saturated rings. The van der Waals surface area contributed by atoms with Crippen molar-refractivity contribution in [2.24, 2.45) is 0 Å². The van der Waals surface area contributed by atoms with E-state index in [9.17, 15) is 10.4 Å². The number of aromatic hydroxyl groups is 1. The maximum Gasteiger partial charge on any atom is 0.182 e. The second-order valence-corrected chi connectivity index (χ2v) is 9.69. The number of hydrogen-bond acceptors (Lipinski definition) is 6. The van der Waals surface area contributed by atoms with Gasteiger partial charge in [0.2, 0.25) is 0 Å². The number of rotatable bonds is 4. The first-order chi connectivity index (χ1) is 17.2. The Hall–Kier alpha value is -3.86. The second kappa shape index (κ2) is 10.0. The molecule has 180 valence electrons. The summed E-state index contributed by atoms with van der Waals surface area (Å²) < 4.78 is 0. The lowest BCUT2D eigenvalue weighted by Crippen LogP contribution is -2.29. The summed E-state index contributed by atoms with van der Waals surface area (Å²) in [6.45, 7) is 2.16. The zero-order chi connectivity index (χ0) is 23.8. The predicted octanol–water partition coefficient (Wildman–Crippen LogP) is 7.01. The molecule has 6 nitrogen and oxygen atoms in total. The van der Waals surface area contributed by atoms with Crippen LogP contribution in [0.4, 0.5) is 5.69 Å². The molecule has 4 heterocycles. The molecule has 0 radical (unpaired) electrons. The summed E-state index contributed by atoms with van der Waals surface area (Å²) in [5.74, 6) is 0.127. The third-order valence-electron chi connectivity index (χ3n) is 6.58. The van der Waals surface area contributed by atoms with Crippen LogP contribution in [0.25, 0.3) is 44.0 Å². The van der Waals surface area contributed by atoms with Gasteiger partial charge in [0.25, 0.3) is 0 Å². The molecule has 0 saturated carbocycles. The molecule has 0 atom stereocenters. The number of anilines is 1. The third-order valence-corrected chi connectivity index (χ3v) is 7.47. The molecule has 1 aliphatic heterocycles. The van der Waals surface area contributed by atoms with Crippen LogP contribution in [0.1, 0.15) is 24.8 Å². The van der Waals surface area contributed by atoms with Crippen LogP contribution in [0.3, 0.4) is 0 Å². The van der Waals surface area contributed by atoms with Gasteiger partial charge in [0.05, 0.1) is 27.2 Å². The average Bonchev–Trinajstić information content (AvgIpc) is 3.58. The molecule has 0 unspecified atom stereocenters. The van der Waals surface area contributed by atoms with E-state index in [-0.39, 0.29) is 18.2 Å². The van der Waals surface area contributed by atoms with Crippen molar-refractivity contribution in [3.63, 3.8) is 0 Å². The monoisotopic (exact) mass is 513 g/mol. The number of H-pyrrole nitrogens is 1. The van der Waals surface area contributed by atoms with Gasteiger partial charge in [-0.15, -0.1) is 23.7 Å². The molecule has 36 heavy (non-hydrogen) atoms. The van der Waals surface area contributed by atoms with Crippen LogP contribution in [-0.4, -0.2) is 33.4 Å². The summed E-state index contributed by atoms with van der Waals surface area (Å²) in [7, 11) is 0. The molecule has 2 aromatic carbocycles. The number of benzene rings is 2. The van der Waals surface area contributed by atoms with Crippen LogP contribution in [0, 0.1) is 11.3 Å². The van der Waals surface area contributed by atoms with Crippen molar-refractivity contribution in [3.8, 4) is 44.8 Å². The van der Waals surface area contributed by atoms with E-state index in [1.807, 2.05) is 23.6 Å². The Bertz CT molecular complexity index is 1550. The van der Waals surface area contributed by atoms with Crippen molar-refractivity contribution >= 4 is 40.5 Å². The number of nitrogens with one attached hydrogen (secondary N) is 1. The van der Waals surface area contributed by atoms with Gasteiger partial charge in [0.1, 0.15) is 11.8 Å². The fourth-order valence-electron chi connectivity index (χ4n) is 4.91. The lowest BCUT2D eigenvalue weighted by atomic mass is 9.92. The average molecular weight is 514 g/mol. The van der Waals surface area contributed by atoms with Gasteiger partial charge in [-0.25, -0.2) is 4.98 Å². The number of phenols is 1. The van der Waals surface area contributed by atoms with E-state index in [0.717, 1.165) is 40.2 Å². The highest BCUT2D eigenvalue weighted by atomic mass is 35.5. The number of thiophene rings is 1. The standard InChI is InChI=1S/C28H23N5OS.ClH/c29-17-22-24(18-9-11-20(12-10-18)33-13-2-1-3-14-33)25-27(23-8-5-15-35-23)31-32-28(25)30-26(22)19-6-4-7-21(34)16-19;/h4-12,15-16,34H,1-3,13-14H2,(H,30,31,32);1H. The Morgan fingerprint density at radius 3 is 2.47 bits per heavy atom. The first kappa shape index (κ1) is 23.9.